The third-order valence-corrected chi connectivity index (χ3v) is 2.78. The van der Waals surface area contributed by atoms with Crippen molar-refractivity contribution in [3.63, 3.8) is 0 Å². The van der Waals surface area contributed by atoms with Crippen LogP contribution >= 0.6 is 0 Å². The second kappa shape index (κ2) is 6.60. The van der Waals surface area contributed by atoms with Gasteiger partial charge < -0.3 is 10.0 Å². The van der Waals surface area contributed by atoms with Gasteiger partial charge in [-0.2, -0.15) is 0 Å². The second-order valence-corrected chi connectivity index (χ2v) is 4.44. The predicted molar refractivity (Wildman–Crippen MR) is 77.2 cm³/mol. The lowest BCUT2D eigenvalue weighted by molar-refractivity contribution is -0.131. The van der Waals surface area contributed by atoms with E-state index in [0.29, 0.717) is 23.6 Å². The highest BCUT2D eigenvalue weighted by Gasteiger charge is 2.08. The lowest BCUT2D eigenvalue weighted by Crippen LogP contribution is -2.19. The van der Waals surface area contributed by atoms with Crippen LogP contribution in [0.2, 0.25) is 0 Å². The minimum atomic E-state index is -1.03. The van der Waals surface area contributed by atoms with Crippen LogP contribution in [0.3, 0.4) is 0 Å². The molecule has 21 heavy (non-hydrogen) atoms. The maximum Gasteiger partial charge on any atom is 0.328 e. The summed E-state index contributed by atoms with van der Waals surface area (Å²) in [7, 11) is 1.76. The fraction of sp³-hybridized carbons (Fsp3) is 0.133. The molecule has 1 aromatic carbocycles. The first-order chi connectivity index (χ1) is 10.1. The van der Waals surface area contributed by atoms with Crippen LogP contribution < -0.4 is 4.90 Å². The Kier molecular flexibility index (Phi) is 4.61. The first-order valence-electron chi connectivity index (χ1n) is 6.24. The number of nitrogens with zero attached hydrogens (tertiary/aromatic N) is 3. The number of hydrogen-bond acceptors (Lipinski definition) is 4. The van der Waals surface area contributed by atoms with E-state index >= 15 is 0 Å². The summed E-state index contributed by atoms with van der Waals surface area (Å²) in [4.78, 5) is 20.4. The van der Waals surface area contributed by atoms with Crippen molar-refractivity contribution in [2.45, 2.75) is 6.54 Å². The molecular weight excluding hydrogens is 273 g/mol. The average Bonchev–Trinajstić information content (AvgIpc) is 2.48. The van der Waals surface area contributed by atoms with Gasteiger partial charge in [0.1, 0.15) is 5.82 Å². The molecule has 0 spiro atoms. The van der Waals surface area contributed by atoms with Crippen LogP contribution in [0.1, 0.15) is 11.1 Å². The predicted octanol–water partition coefficient (Wildman–Crippen LogP) is 2.35. The van der Waals surface area contributed by atoms with Gasteiger partial charge in [0.25, 0.3) is 0 Å². The van der Waals surface area contributed by atoms with Crippen molar-refractivity contribution >= 4 is 18.0 Å². The highest BCUT2D eigenvalue weighted by molar-refractivity contribution is 5.85. The molecule has 0 atom stereocenters. The number of rotatable bonds is 5. The molecule has 2 rings (SSSR count). The highest BCUT2D eigenvalue weighted by Crippen LogP contribution is 2.13. The van der Waals surface area contributed by atoms with Crippen LogP contribution in [0.25, 0.3) is 6.08 Å². The third kappa shape index (κ3) is 4.10. The van der Waals surface area contributed by atoms with Crippen molar-refractivity contribution in [3.8, 4) is 0 Å². The van der Waals surface area contributed by atoms with Crippen molar-refractivity contribution in [2.75, 3.05) is 11.9 Å². The zero-order valence-electron chi connectivity index (χ0n) is 11.4. The molecule has 0 saturated carbocycles. The molecule has 0 bridgehead atoms. The SMILES string of the molecule is CN(Cc1ccccc1F)c1ncc(/C=C/C(=O)O)cn1. The summed E-state index contributed by atoms with van der Waals surface area (Å²) in [6.07, 6.45) is 5.45. The molecule has 1 N–H and O–H groups in total. The minimum Gasteiger partial charge on any atom is -0.478 e. The molecule has 0 amide bonds. The summed E-state index contributed by atoms with van der Waals surface area (Å²) < 4.78 is 13.6. The van der Waals surface area contributed by atoms with Crippen LogP contribution in [0.15, 0.2) is 42.7 Å². The average molecular weight is 287 g/mol. The molecule has 0 aliphatic carbocycles. The maximum absolute atomic E-state index is 13.6. The van der Waals surface area contributed by atoms with Gasteiger partial charge in [-0.1, -0.05) is 18.2 Å². The van der Waals surface area contributed by atoms with E-state index in [0.717, 1.165) is 6.08 Å². The van der Waals surface area contributed by atoms with E-state index in [9.17, 15) is 9.18 Å². The van der Waals surface area contributed by atoms with E-state index in [1.54, 1.807) is 30.1 Å². The highest BCUT2D eigenvalue weighted by atomic mass is 19.1. The Balaban J connectivity index is 2.08. The molecule has 108 valence electrons. The summed E-state index contributed by atoms with van der Waals surface area (Å²) in [5.74, 6) is -0.869. The quantitative estimate of drug-likeness (QED) is 0.855. The van der Waals surface area contributed by atoms with Crippen molar-refractivity contribution in [1.82, 2.24) is 9.97 Å². The standard InChI is InChI=1S/C15H14FN3O2/c1-19(10-12-4-2-3-5-13(12)16)15-17-8-11(9-18-15)6-7-14(20)21/h2-9H,10H2,1H3,(H,20,21)/b7-6+. The Morgan fingerprint density at radius 1 is 1.33 bits per heavy atom. The summed E-state index contributed by atoms with van der Waals surface area (Å²) in [5, 5.41) is 8.54. The molecule has 0 aliphatic heterocycles. The summed E-state index contributed by atoms with van der Waals surface area (Å²) in [6, 6.07) is 6.52. The summed E-state index contributed by atoms with van der Waals surface area (Å²) in [6.45, 7) is 0.344. The van der Waals surface area contributed by atoms with Crippen LogP contribution in [0, 0.1) is 5.82 Å². The van der Waals surface area contributed by atoms with Gasteiger partial charge in [0.15, 0.2) is 0 Å². The smallest absolute Gasteiger partial charge is 0.328 e. The van der Waals surface area contributed by atoms with E-state index in [1.807, 2.05) is 0 Å². The molecule has 0 fully saturated rings. The lowest BCUT2D eigenvalue weighted by Gasteiger charge is -2.17. The van der Waals surface area contributed by atoms with Gasteiger partial charge >= 0.3 is 5.97 Å². The molecule has 0 unspecified atom stereocenters. The van der Waals surface area contributed by atoms with Gasteiger partial charge in [0, 0.05) is 43.2 Å². The molecular formula is C15H14FN3O2. The molecule has 1 aromatic heterocycles. The number of anilines is 1. The number of carboxylic acids is 1. The zero-order valence-corrected chi connectivity index (χ0v) is 11.4. The van der Waals surface area contributed by atoms with Gasteiger partial charge in [-0.3, -0.25) is 0 Å². The number of carbonyl (C=O) groups is 1. The molecule has 2 aromatic rings. The number of halogens is 1. The van der Waals surface area contributed by atoms with E-state index in [-0.39, 0.29) is 5.82 Å². The Hall–Kier alpha value is -2.76. The van der Waals surface area contributed by atoms with Gasteiger partial charge in [-0.05, 0) is 12.1 Å². The van der Waals surface area contributed by atoms with Crippen molar-refractivity contribution in [3.05, 3.63) is 59.7 Å². The Labute approximate surface area is 121 Å². The Morgan fingerprint density at radius 3 is 2.62 bits per heavy atom. The number of carboxylic acid groups (broad SMARTS) is 1. The van der Waals surface area contributed by atoms with E-state index in [4.69, 9.17) is 5.11 Å². The fourth-order valence-corrected chi connectivity index (χ4v) is 1.73. The van der Waals surface area contributed by atoms with Gasteiger partial charge in [0.2, 0.25) is 5.95 Å². The van der Waals surface area contributed by atoms with Crippen molar-refractivity contribution < 1.29 is 14.3 Å². The van der Waals surface area contributed by atoms with E-state index in [1.165, 1.54) is 24.5 Å². The van der Waals surface area contributed by atoms with Crippen LogP contribution in [-0.2, 0) is 11.3 Å². The molecule has 0 radical (unpaired) electrons. The van der Waals surface area contributed by atoms with Crippen LogP contribution in [-0.4, -0.2) is 28.1 Å². The normalized spacial score (nSPS) is 10.8. The molecule has 0 aliphatic rings. The topological polar surface area (TPSA) is 66.3 Å². The van der Waals surface area contributed by atoms with Gasteiger partial charge in [-0.15, -0.1) is 0 Å². The maximum atomic E-state index is 13.6. The number of aliphatic carboxylic acids is 1. The molecule has 1 heterocycles. The van der Waals surface area contributed by atoms with Crippen LogP contribution in [0.4, 0.5) is 10.3 Å². The molecule has 5 nitrogen and oxygen atoms in total. The van der Waals surface area contributed by atoms with Crippen molar-refractivity contribution in [1.29, 1.82) is 0 Å². The van der Waals surface area contributed by atoms with Crippen molar-refractivity contribution in [2.24, 2.45) is 0 Å². The number of benzene rings is 1. The first-order valence-corrected chi connectivity index (χ1v) is 6.24. The van der Waals surface area contributed by atoms with Crippen LogP contribution in [0.5, 0.6) is 0 Å². The Morgan fingerprint density at radius 2 is 2.00 bits per heavy atom. The fourth-order valence-electron chi connectivity index (χ4n) is 1.73. The molecule has 6 heteroatoms. The van der Waals surface area contributed by atoms with E-state index < -0.39 is 5.97 Å². The van der Waals surface area contributed by atoms with Gasteiger partial charge in [0.05, 0.1) is 0 Å². The zero-order chi connectivity index (χ0) is 15.2. The summed E-state index contributed by atoms with van der Waals surface area (Å²) >= 11 is 0. The lowest BCUT2D eigenvalue weighted by atomic mass is 10.2. The second-order valence-electron chi connectivity index (χ2n) is 4.44. The first kappa shape index (κ1) is 14.6. The largest absolute Gasteiger partial charge is 0.478 e. The molecule has 0 saturated heterocycles. The minimum absolute atomic E-state index is 0.273. The number of aromatic nitrogens is 2. The summed E-state index contributed by atoms with van der Waals surface area (Å²) in [5.41, 5.74) is 1.14. The van der Waals surface area contributed by atoms with Gasteiger partial charge in [-0.25, -0.2) is 19.2 Å². The number of hydrogen-bond donors (Lipinski definition) is 1. The van der Waals surface area contributed by atoms with E-state index in [2.05, 4.69) is 9.97 Å². The Bertz CT molecular complexity index is 656. The third-order valence-electron chi connectivity index (χ3n) is 2.78. The monoisotopic (exact) mass is 287 g/mol.